The van der Waals surface area contributed by atoms with Crippen molar-refractivity contribution in [3.63, 3.8) is 0 Å². The maximum absolute atomic E-state index is 6.65. The van der Waals surface area contributed by atoms with Crippen LogP contribution in [0.5, 0.6) is 0 Å². The Morgan fingerprint density at radius 3 is 2.45 bits per heavy atom. The number of halogens is 2. The standard InChI is InChI=1S/C18H18Cl2/c1-12-6-9-16(17(19)10-12)18(20)15-8-7-13-4-2-3-5-14(13)11-15/h6-11,18H,2-5H2,1H3. The highest BCUT2D eigenvalue weighted by atomic mass is 35.5. The summed E-state index contributed by atoms with van der Waals surface area (Å²) in [5.41, 5.74) is 6.25. The van der Waals surface area contributed by atoms with Crippen LogP contribution in [-0.2, 0) is 12.8 Å². The van der Waals surface area contributed by atoms with Crippen molar-refractivity contribution in [3.8, 4) is 0 Å². The summed E-state index contributed by atoms with van der Waals surface area (Å²) in [5.74, 6) is 0. The van der Waals surface area contributed by atoms with Crippen LogP contribution in [0.25, 0.3) is 0 Å². The van der Waals surface area contributed by atoms with Crippen molar-refractivity contribution in [1.29, 1.82) is 0 Å². The van der Waals surface area contributed by atoms with E-state index in [0.29, 0.717) is 0 Å². The van der Waals surface area contributed by atoms with Gasteiger partial charge in [0.05, 0.1) is 5.38 Å². The third kappa shape index (κ3) is 2.73. The number of alkyl halides is 1. The van der Waals surface area contributed by atoms with E-state index >= 15 is 0 Å². The van der Waals surface area contributed by atoms with Gasteiger partial charge in [-0.25, -0.2) is 0 Å². The van der Waals surface area contributed by atoms with Crippen molar-refractivity contribution < 1.29 is 0 Å². The lowest BCUT2D eigenvalue weighted by molar-refractivity contribution is 0.684. The number of fused-ring (bicyclic) bond motifs is 1. The van der Waals surface area contributed by atoms with E-state index in [0.717, 1.165) is 21.7 Å². The molecule has 0 N–H and O–H groups in total. The van der Waals surface area contributed by atoms with E-state index in [1.807, 2.05) is 19.1 Å². The highest BCUT2D eigenvalue weighted by Crippen LogP contribution is 2.35. The summed E-state index contributed by atoms with van der Waals surface area (Å²) >= 11 is 13.0. The molecule has 0 spiro atoms. The van der Waals surface area contributed by atoms with E-state index < -0.39 is 0 Å². The Kier molecular flexibility index (Phi) is 4.05. The minimum Gasteiger partial charge on any atom is -0.113 e. The average molecular weight is 305 g/mol. The van der Waals surface area contributed by atoms with Gasteiger partial charge in [0.25, 0.3) is 0 Å². The summed E-state index contributed by atoms with van der Waals surface area (Å²) < 4.78 is 0. The zero-order chi connectivity index (χ0) is 14.1. The van der Waals surface area contributed by atoms with E-state index in [1.54, 1.807) is 0 Å². The van der Waals surface area contributed by atoms with Gasteiger partial charge >= 0.3 is 0 Å². The van der Waals surface area contributed by atoms with Crippen molar-refractivity contribution in [2.24, 2.45) is 0 Å². The Balaban J connectivity index is 1.95. The molecule has 1 unspecified atom stereocenters. The van der Waals surface area contributed by atoms with Gasteiger partial charge in [0, 0.05) is 5.02 Å². The number of aryl methyl sites for hydroxylation is 3. The summed E-state index contributed by atoms with van der Waals surface area (Å²) in [6, 6.07) is 12.7. The second-order valence-electron chi connectivity index (χ2n) is 5.62. The van der Waals surface area contributed by atoms with E-state index in [1.165, 1.54) is 36.8 Å². The van der Waals surface area contributed by atoms with Crippen molar-refractivity contribution in [2.45, 2.75) is 38.0 Å². The number of benzene rings is 2. The predicted molar refractivity (Wildman–Crippen MR) is 87.0 cm³/mol. The summed E-state index contributed by atoms with van der Waals surface area (Å²) in [6.07, 6.45) is 4.97. The Labute approximate surface area is 130 Å². The van der Waals surface area contributed by atoms with Gasteiger partial charge in [0.1, 0.15) is 0 Å². The molecule has 0 aliphatic heterocycles. The second kappa shape index (κ2) is 5.79. The minimum atomic E-state index is -0.171. The van der Waals surface area contributed by atoms with Crippen LogP contribution < -0.4 is 0 Å². The van der Waals surface area contributed by atoms with Gasteiger partial charge < -0.3 is 0 Å². The molecule has 0 bridgehead atoms. The van der Waals surface area contributed by atoms with E-state index in [2.05, 4.69) is 24.3 Å². The van der Waals surface area contributed by atoms with Crippen LogP contribution in [0.3, 0.4) is 0 Å². The first kappa shape index (κ1) is 14.0. The van der Waals surface area contributed by atoms with Crippen LogP contribution in [0, 0.1) is 6.92 Å². The molecule has 0 saturated heterocycles. The molecule has 3 rings (SSSR count). The van der Waals surface area contributed by atoms with Crippen molar-refractivity contribution in [3.05, 3.63) is 69.2 Å². The molecule has 0 heterocycles. The molecular weight excluding hydrogens is 287 g/mol. The van der Waals surface area contributed by atoms with E-state index in [9.17, 15) is 0 Å². The Morgan fingerprint density at radius 1 is 0.950 bits per heavy atom. The number of hydrogen-bond donors (Lipinski definition) is 0. The van der Waals surface area contributed by atoms with Gasteiger partial charge in [-0.15, -0.1) is 11.6 Å². The molecule has 0 amide bonds. The lowest BCUT2D eigenvalue weighted by atomic mass is 9.89. The fourth-order valence-corrected chi connectivity index (χ4v) is 3.65. The zero-order valence-electron chi connectivity index (χ0n) is 11.6. The molecule has 0 aromatic heterocycles. The lowest BCUT2D eigenvalue weighted by Crippen LogP contribution is -2.04. The van der Waals surface area contributed by atoms with E-state index in [4.69, 9.17) is 23.2 Å². The molecule has 1 atom stereocenters. The number of hydrogen-bond acceptors (Lipinski definition) is 0. The Hall–Kier alpha value is -0.980. The summed E-state index contributed by atoms with van der Waals surface area (Å²) in [6.45, 7) is 2.04. The van der Waals surface area contributed by atoms with Gasteiger partial charge in [0.2, 0.25) is 0 Å². The molecule has 1 aliphatic rings. The SMILES string of the molecule is Cc1ccc(C(Cl)c2ccc3c(c2)CCCC3)c(Cl)c1. The normalized spacial score (nSPS) is 15.8. The molecule has 2 aromatic rings. The zero-order valence-corrected chi connectivity index (χ0v) is 13.1. The van der Waals surface area contributed by atoms with Crippen LogP contribution in [0.15, 0.2) is 36.4 Å². The molecule has 0 radical (unpaired) electrons. The smallest absolute Gasteiger partial charge is 0.0849 e. The molecule has 104 valence electrons. The first-order valence-corrected chi connectivity index (χ1v) is 7.98. The quantitative estimate of drug-likeness (QED) is 0.610. The van der Waals surface area contributed by atoms with E-state index in [-0.39, 0.29) is 5.38 Å². The minimum absolute atomic E-state index is 0.171. The van der Waals surface area contributed by atoms with Crippen LogP contribution in [0.2, 0.25) is 5.02 Å². The average Bonchev–Trinajstić information content (AvgIpc) is 2.46. The lowest BCUT2D eigenvalue weighted by Gasteiger charge is -2.19. The maximum atomic E-state index is 6.65. The van der Waals surface area contributed by atoms with Crippen molar-refractivity contribution in [2.75, 3.05) is 0 Å². The first-order valence-electron chi connectivity index (χ1n) is 7.17. The first-order chi connectivity index (χ1) is 9.65. The fraction of sp³-hybridized carbons (Fsp3) is 0.333. The van der Waals surface area contributed by atoms with Crippen molar-refractivity contribution in [1.82, 2.24) is 0 Å². The molecule has 0 fully saturated rings. The van der Waals surface area contributed by atoms with Gasteiger partial charge in [-0.05, 0) is 66.5 Å². The maximum Gasteiger partial charge on any atom is 0.0849 e. The largest absolute Gasteiger partial charge is 0.113 e. The fourth-order valence-electron chi connectivity index (χ4n) is 2.93. The van der Waals surface area contributed by atoms with Crippen LogP contribution in [0.4, 0.5) is 0 Å². The Morgan fingerprint density at radius 2 is 1.70 bits per heavy atom. The molecule has 1 aliphatic carbocycles. The summed E-state index contributed by atoms with van der Waals surface area (Å²) in [5, 5.41) is 0.582. The predicted octanol–water partition coefficient (Wildman–Crippen LogP) is 5.86. The van der Waals surface area contributed by atoms with Crippen LogP contribution in [0.1, 0.15) is 46.0 Å². The van der Waals surface area contributed by atoms with Gasteiger partial charge in [-0.1, -0.05) is 41.9 Å². The molecule has 20 heavy (non-hydrogen) atoms. The van der Waals surface area contributed by atoms with Gasteiger partial charge in [0.15, 0.2) is 0 Å². The molecule has 0 nitrogen and oxygen atoms in total. The number of rotatable bonds is 2. The second-order valence-corrected chi connectivity index (χ2v) is 6.47. The monoisotopic (exact) mass is 304 g/mol. The third-order valence-electron chi connectivity index (χ3n) is 4.09. The van der Waals surface area contributed by atoms with Crippen LogP contribution in [-0.4, -0.2) is 0 Å². The summed E-state index contributed by atoms with van der Waals surface area (Å²) in [7, 11) is 0. The Bertz CT molecular complexity index is 631. The third-order valence-corrected chi connectivity index (χ3v) is 4.91. The molecule has 2 aromatic carbocycles. The van der Waals surface area contributed by atoms with Crippen molar-refractivity contribution >= 4 is 23.2 Å². The molecule has 2 heteroatoms. The highest BCUT2D eigenvalue weighted by molar-refractivity contribution is 6.33. The molecular formula is C18H18Cl2. The van der Waals surface area contributed by atoms with Gasteiger partial charge in [-0.3, -0.25) is 0 Å². The molecule has 0 saturated carbocycles. The van der Waals surface area contributed by atoms with Gasteiger partial charge in [-0.2, -0.15) is 0 Å². The van der Waals surface area contributed by atoms with Crippen LogP contribution >= 0.6 is 23.2 Å². The topological polar surface area (TPSA) is 0 Å². The summed E-state index contributed by atoms with van der Waals surface area (Å²) in [4.78, 5) is 0. The highest BCUT2D eigenvalue weighted by Gasteiger charge is 2.17.